The molecule has 0 aliphatic rings. The summed E-state index contributed by atoms with van der Waals surface area (Å²) in [6, 6.07) is 6.00. The zero-order valence-corrected chi connectivity index (χ0v) is 9.96. The van der Waals surface area contributed by atoms with Gasteiger partial charge in [-0.1, -0.05) is 18.2 Å². The molecule has 16 heavy (non-hydrogen) atoms. The van der Waals surface area contributed by atoms with Crippen LogP contribution in [0.3, 0.4) is 0 Å². The second-order valence-electron chi connectivity index (χ2n) is 3.55. The predicted octanol–water partition coefficient (Wildman–Crippen LogP) is 2.24. The van der Waals surface area contributed by atoms with Crippen molar-refractivity contribution in [1.29, 1.82) is 0 Å². The van der Waals surface area contributed by atoms with Crippen LogP contribution in [-0.2, 0) is 9.84 Å². The number of carbonyl (C=O) groups is 1. The summed E-state index contributed by atoms with van der Waals surface area (Å²) < 4.78 is 22.4. The van der Waals surface area contributed by atoms with Gasteiger partial charge in [0.1, 0.15) is 0 Å². The van der Waals surface area contributed by atoms with Gasteiger partial charge in [-0.2, -0.15) is 0 Å². The largest absolute Gasteiger partial charge is 0.294 e. The third kappa shape index (κ3) is 3.31. The number of hydrogen-bond donors (Lipinski definition) is 0. The van der Waals surface area contributed by atoms with E-state index >= 15 is 0 Å². The van der Waals surface area contributed by atoms with Gasteiger partial charge in [0, 0.05) is 18.2 Å². The molecule has 0 saturated carbocycles. The average Bonchev–Trinajstić information content (AvgIpc) is 2.25. The van der Waals surface area contributed by atoms with Crippen molar-refractivity contribution in [3.05, 3.63) is 42.5 Å². The Balaban J connectivity index is 2.87. The lowest BCUT2D eigenvalue weighted by Crippen LogP contribution is -2.01. The molecule has 0 aliphatic carbocycles. The molecule has 0 spiro atoms. The van der Waals surface area contributed by atoms with Gasteiger partial charge in [0.25, 0.3) is 0 Å². The summed E-state index contributed by atoms with van der Waals surface area (Å²) >= 11 is 0. The number of rotatable bonds is 5. The van der Waals surface area contributed by atoms with Crippen LogP contribution in [0.15, 0.2) is 41.8 Å². The first-order chi connectivity index (χ1) is 7.45. The van der Waals surface area contributed by atoms with Gasteiger partial charge in [-0.25, -0.2) is 8.42 Å². The molecule has 1 aromatic rings. The Kier molecular flexibility index (Phi) is 4.01. The number of carbonyl (C=O) groups excluding carboxylic acids is 1. The summed E-state index contributed by atoms with van der Waals surface area (Å²) in [6.07, 6.45) is 3.86. The maximum Gasteiger partial charge on any atom is 0.175 e. The Morgan fingerprint density at radius 2 is 1.88 bits per heavy atom. The highest BCUT2D eigenvalue weighted by Crippen LogP contribution is 2.12. The van der Waals surface area contributed by atoms with E-state index in [9.17, 15) is 13.2 Å². The Hall–Kier alpha value is -1.42. The minimum Gasteiger partial charge on any atom is -0.294 e. The van der Waals surface area contributed by atoms with E-state index in [2.05, 4.69) is 6.58 Å². The highest BCUT2D eigenvalue weighted by atomic mass is 32.2. The van der Waals surface area contributed by atoms with Gasteiger partial charge in [-0.3, -0.25) is 4.79 Å². The highest BCUT2D eigenvalue weighted by Gasteiger charge is 2.09. The molecule has 86 valence electrons. The lowest BCUT2D eigenvalue weighted by Gasteiger charge is -2.01. The second kappa shape index (κ2) is 5.07. The molecule has 0 heterocycles. The summed E-state index contributed by atoms with van der Waals surface area (Å²) in [7, 11) is -3.19. The van der Waals surface area contributed by atoms with E-state index < -0.39 is 9.84 Å². The summed E-state index contributed by atoms with van der Waals surface area (Å²) in [6.45, 7) is 3.54. The van der Waals surface area contributed by atoms with Crippen LogP contribution in [0.1, 0.15) is 23.2 Å². The molecular formula is C12H14O3S. The molecule has 0 aromatic heterocycles. The molecule has 0 saturated heterocycles. The van der Waals surface area contributed by atoms with E-state index in [1.54, 1.807) is 18.2 Å². The molecule has 0 aliphatic heterocycles. The van der Waals surface area contributed by atoms with Crippen molar-refractivity contribution in [1.82, 2.24) is 0 Å². The first-order valence-corrected chi connectivity index (χ1v) is 6.78. The number of ketones is 1. The third-order valence-electron chi connectivity index (χ3n) is 2.18. The van der Waals surface area contributed by atoms with Crippen molar-refractivity contribution in [3.63, 3.8) is 0 Å². The maximum atomic E-state index is 11.6. The van der Waals surface area contributed by atoms with Crippen LogP contribution >= 0.6 is 0 Å². The van der Waals surface area contributed by atoms with Gasteiger partial charge in [0.2, 0.25) is 0 Å². The SMILES string of the molecule is C=CCCC(=O)c1ccc(S(C)(=O)=O)cc1. The van der Waals surface area contributed by atoms with Crippen LogP contribution in [0.4, 0.5) is 0 Å². The molecule has 1 rings (SSSR count). The molecule has 0 fully saturated rings. The number of hydrogen-bond acceptors (Lipinski definition) is 3. The molecule has 0 amide bonds. The first kappa shape index (κ1) is 12.6. The van der Waals surface area contributed by atoms with Crippen LogP contribution in [-0.4, -0.2) is 20.5 Å². The average molecular weight is 238 g/mol. The summed E-state index contributed by atoms with van der Waals surface area (Å²) in [4.78, 5) is 11.8. The zero-order valence-electron chi connectivity index (χ0n) is 9.14. The van der Waals surface area contributed by atoms with E-state index in [-0.39, 0.29) is 10.7 Å². The van der Waals surface area contributed by atoms with Crippen molar-refractivity contribution in [2.75, 3.05) is 6.26 Å². The molecule has 3 nitrogen and oxygen atoms in total. The molecule has 0 unspecified atom stereocenters. The fourth-order valence-corrected chi connectivity index (χ4v) is 1.90. The minimum atomic E-state index is -3.19. The third-order valence-corrected chi connectivity index (χ3v) is 3.31. The summed E-state index contributed by atoms with van der Waals surface area (Å²) in [5.41, 5.74) is 0.536. The van der Waals surface area contributed by atoms with Crippen LogP contribution in [0.2, 0.25) is 0 Å². The van der Waals surface area contributed by atoms with Gasteiger partial charge < -0.3 is 0 Å². The van der Waals surface area contributed by atoms with Gasteiger partial charge >= 0.3 is 0 Å². The van der Waals surface area contributed by atoms with Crippen molar-refractivity contribution < 1.29 is 13.2 Å². The maximum absolute atomic E-state index is 11.6. The number of benzene rings is 1. The van der Waals surface area contributed by atoms with E-state index in [0.717, 1.165) is 6.26 Å². The molecule has 0 bridgehead atoms. The van der Waals surface area contributed by atoms with E-state index in [1.165, 1.54) is 12.1 Å². The Bertz CT molecular complexity index is 484. The minimum absolute atomic E-state index is 0.0000454. The monoisotopic (exact) mass is 238 g/mol. The summed E-state index contributed by atoms with van der Waals surface area (Å²) in [5.74, 6) is -0.0000454. The van der Waals surface area contributed by atoms with E-state index in [0.29, 0.717) is 18.4 Å². The number of sulfone groups is 1. The molecule has 0 atom stereocenters. The van der Waals surface area contributed by atoms with Crippen LogP contribution in [0.25, 0.3) is 0 Å². The predicted molar refractivity (Wildman–Crippen MR) is 63.3 cm³/mol. The molecular weight excluding hydrogens is 224 g/mol. The molecule has 1 aromatic carbocycles. The normalized spacial score (nSPS) is 11.1. The zero-order chi connectivity index (χ0) is 12.2. The number of allylic oxidation sites excluding steroid dienone is 1. The van der Waals surface area contributed by atoms with Crippen molar-refractivity contribution in [3.8, 4) is 0 Å². The van der Waals surface area contributed by atoms with Crippen molar-refractivity contribution >= 4 is 15.6 Å². The van der Waals surface area contributed by atoms with Crippen LogP contribution in [0, 0.1) is 0 Å². The fourth-order valence-electron chi connectivity index (χ4n) is 1.27. The standard InChI is InChI=1S/C12H14O3S/c1-3-4-5-12(13)10-6-8-11(9-7-10)16(2,14)15/h3,6-9H,1,4-5H2,2H3. The smallest absolute Gasteiger partial charge is 0.175 e. The van der Waals surface area contributed by atoms with Gasteiger partial charge in [-0.15, -0.1) is 6.58 Å². The Morgan fingerprint density at radius 3 is 2.31 bits per heavy atom. The molecule has 4 heteroatoms. The van der Waals surface area contributed by atoms with Crippen molar-refractivity contribution in [2.24, 2.45) is 0 Å². The van der Waals surface area contributed by atoms with Gasteiger partial charge in [-0.05, 0) is 18.6 Å². The highest BCUT2D eigenvalue weighted by molar-refractivity contribution is 7.90. The van der Waals surface area contributed by atoms with Gasteiger partial charge in [0.15, 0.2) is 15.6 Å². The van der Waals surface area contributed by atoms with E-state index in [4.69, 9.17) is 0 Å². The lowest BCUT2D eigenvalue weighted by molar-refractivity contribution is 0.0983. The first-order valence-electron chi connectivity index (χ1n) is 4.89. The van der Waals surface area contributed by atoms with E-state index in [1.807, 2.05) is 0 Å². The van der Waals surface area contributed by atoms with Crippen LogP contribution in [0.5, 0.6) is 0 Å². The molecule has 0 radical (unpaired) electrons. The Morgan fingerprint density at radius 1 is 1.31 bits per heavy atom. The summed E-state index contributed by atoms with van der Waals surface area (Å²) in [5, 5.41) is 0. The van der Waals surface area contributed by atoms with Crippen LogP contribution < -0.4 is 0 Å². The Labute approximate surface area is 95.7 Å². The van der Waals surface area contributed by atoms with Crippen molar-refractivity contribution in [2.45, 2.75) is 17.7 Å². The number of Topliss-reactive ketones (excluding diaryl/α,β-unsaturated/α-hetero) is 1. The lowest BCUT2D eigenvalue weighted by atomic mass is 10.1. The second-order valence-corrected chi connectivity index (χ2v) is 5.56. The quantitative estimate of drug-likeness (QED) is 0.584. The fraction of sp³-hybridized carbons (Fsp3) is 0.250. The topological polar surface area (TPSA) is 51.2 Å². The van der Waals surface area contributed by atoms with Gasteiger partial charge in [0.05, 0.1) is 4.90 Å². The molecule has 0 N–H and O–H groups in total.